The van der Waals surface area contributed by atoms with Crippen LogP contribution in [-0.2, 0) is 6.42 Å². The van der Waals surface area contributed by atoms with E-state index in [0.717, 1.165) is 31.5 Å². The zero-order valence-electron chi connectivity index (χ0n) is 11.4. The van der Waals surface area contributed by atoms with Crippen molar-refractivity contribution in [1.82, 2.24) is 5.32 Å². The van der Waals surface area contributed by atoms with E-state index in [1.54, 1.807) is 6.92 Å². The summed E-state index contributed by atoms with van der Waals surface area (Å²) in [4.78, 5) is 0. The number of benzene rings is 1. The van der Waals surface area contributed by atoms with Gasteiger partial charge in [-0.3, -0.25) is 0 Å². The van der Waals surface area contributed by atoms with Gasteiger partial charge in [0.15, 0.2) is 0 Å². The Kier molecular flexibility index (Phi) is 7.29. The van der Waals surface area contributed by atoms with Crippen molar-refractivity contribution in [1.29, 1.82) is 0 Å². The Morgan fingerprint density at radius 2 is 1.94 bits per heavy atom. The monoisotopic (exact) mass is 271 g/mol. The van der Waals surface area contributed by atoms with E-state index in [1.165, 1.54) is 25.3 Å². The summed E-state index contributed by atoms with van der Waals surface area (Å²) in [6.45, 7) is 6.14. The molecule has 0 saturated heterocycles. The summed E-state index contributed by atoms with van der Waals surface area (Å²) in [5, 5.41) is 3.94. The molecule has 18 heavy (non-hydrogen) atoms. The van der Waals surface area contributed by atoms with Gasteiger partial charge >= 0.3 is 0 Å². The van der Waals surface area contributed by atoms with Crippen LogP contribution in [-0.4, -0.2) is 13.1 Å². The number of halogens is 2. The molecule has 0 bridgehead atoms. The Balaban J connectivity index is 2.25. The number of aryl methyl sites for hydroxylation is 2. The van der Waals surface area contributed by atoms with Crippen molar-refractivity contribution in [2.24, 2.45) is 0 Å². The second-order valence-electron chi connectivity index (χ2n) is 4.75. The molecule has 1 aromatic rings. The lowest BCUT2D eigenvalue weighted by Crippen LogP contribution is -2.15. The highest BCUT2D eigenvalue weighted by Crippen LogP contribution is 2.22. The predicted octanol–water partition coefficient (Wildman–Crippen LogP) is 4.50. The first-order valence-electron chi connectivity index (χ1n) is 6.80. The smallest absolute Gasteiger partial charge is 0.127 e. The van der Waals surface area contributed by atoms with Gasteiger partial charge in [0.1, 0.15) is 5.82 Å². The van der Waals surface area contributed by atoms with Crippen molar-refractivity contribution in [2.45, 2.75) is 46.0 Å². The molecule has 0 aliphatic rings. The third-order valence-electron chi connectivity index (χ3n) is 3.05. The Bertz CT molecular complexity index is 366. The van der Waals surface area contributed by atoms with Crippen LogP contribution in [0.1, 0.15) is 43.7 Å². The first-order chi connectivity index (χ1) is 8.65. The predicted molar refractivity (Wildman–Crippen MR) is 76.9 cm³/mol. The van der Waals surface area contributed by atoms with Crippen LogP contribution in [0.15, 0.2) is 12.1 Å². The Labute approximate surface area is 115 Å². The minimum absolute atomic E-state index is 0.215. The molecule has 1 aromatic carbocycles. The summed E-state index contributed by atoms with van der Waals surface area (Å²) in [6.07, 6.45) is 5.61. The average Bonchev–Trinajstić information content (AvgIpc) is 2.34. The van der Waals surface area contributed by atoms with E-state index >= 15 is 0 Å². The van der Waals surface area contributed by atoms with Gasteiger partial charge in [0.05, 0.1) is 0 Å². The Morgan fingerprint density at radius 1 is 1.17 bits per heavy atom. The molecule has 1 rings (SSSR count). The molecule has 1 N–H and O–H groups in total. The van der Waals surface area contributed by atoms with E-state index in [1.807, 2.05) is 6.07 Å². The van der Waals surface area contributed by atoms with E-state index in [2.05, 4.69) is 12.2 Å². The van der Waals surface area contributed by atoms with Crippen LogP contribution in [0, 0.1) is 12.7 Å². The van der Waals surface area contributed by atoms with E-state index in [0.29, 0.717) is 10.6 Å². The van der Waals surface area contributed by atoms with Crippen LogP contribution in [0.25, 0.3) is 0 Å². The maximum absolute atomic E-state index is 13.2. The minimum Gasteiger partial charge on any atom is -0.317 e. The molecule has 0 spiro atoms. The zero-order chi connectivity index (χ0) is 13.4. The number of unbranched alkanes of at least 4 members (excludes halogenated alkanes) is 2. The summed E-state index contributed by atoms with van der Waals surface area (Å²) in [5.74, 6) is -0.215. The third kappa shape index (κ3) is 5.36. The molecule has 0 aliphatic carbocycles. The summed E-state index contributed by atoms with van der Waals surface area (Å²) in [5.41, 5.74) is 1.75. The fourth-order valence-electron chi connectivity index (χ4n) is 1.95. The fourth-order valence-corrected chi connectivity index (χ4v) is 2.20. The molecular formula is C15H23ClFN. The van der Waals surface area contributed by atoms with Crippen molar-refractivity contribution in [3.8, 4) is 0 Å². The van der Waals surface area contributed by atoms with Crippen molar-refractivity contribution >= 4 is 11.6 Å². The lowest BCUT2D eigenvalue weighted by atomic mass is 10.0. The molecule has 0 heterocycles. The third-order valence-corrected chi connectivity index (χ3v) is 3.41. The lowest BCUT2D eigenvalue weighted by molar-refractivity contribution is 0.597. The summed E-state index contributed by atoms with van der Waals surface area (Å²) in [7, 11) is 0. The molecule has 0 aromatic heterocycles. The summed E-state index contributed by atoms with van der Waals surface area (Å²) < 4.78 is 13.2. The van der Waals surface area contributed by atoms with Crippen molar-refractivity contribution in [3.05, 3.63) is 34.1 Å². The standard InChI is InChI=1S/C15H23ClFN/c1-3-8-18-9-6-4-5-7-13-10-12(2)15(17)11-14(13)16/h10-11,18H,3-9H2,1-2H3. The molecule has 0 amide bonds. The highest BCUT2D eigenvalue weighted by atomic mass is 35.5. The molecule has 0 aliphatic heterocycles. The first-order valence-corrected chi connectivity index (χ1v) is 7.18. The summed E-state index contributed by atoms with van der Waals surface area (Å²) in [6, 6.07) is 3.29. The molecule has 0 fully saturated rings. The van der Waals surface area contributed by atoms with Crippen LogP contribution in [0.3, 0.4) is 0 Å². The Morgan fingerprint density at radius 3 is 2.67 bits per heavy atom. The van der Waals surface area contributed by atoms with Gasteiger partial charge in [-0.15, -0.1) is 0 Å². The van der Waals surface area contributed by atoms with Crippen molar-refractivity contribution < 1.29 is 4.39 Å². The van der Waals surface area contributed by atoms with Crippen molar-refractivity contribution in [3.63, 3.8) is 0 Å². The number of rotatable bonds is 8. The van der Waals surface area contributed by atoms with Gasteiger partial charge in [-0.25, -0.2) is 4.39 Å². The maximum atomic E-state index is 13.2. The minimum atomic E-state index is -0.215. The number of hydrogen-bond acceptors (Lipinski definition) is 1. The normalized spacial score (nSPS) is 10.9. The maximum Gasteiger partial charge on any atom is 0.127 e. The molecule has 1 nitrogen and oxygen atoms in total. The van der Waals surface area contributed by atoms with Gasteiger partial charge in [0.25, 0.3) is 0 Å². The van der Waals surface area contributed by atoms with Crippen molar-refractivity contribution in [2.75, 3.05) is 13.1 Å². The molecule has 0 atom stereocenters. The van der Waals surface area contributed by atoms with E-state index in [4.69, 9.17) is 11.6 Å². The zero-order valence-corrected chi connectivity index (χ0v) is 12.1. The quantitative estimate of drug-likeness (QED) is 0.687. The fraction of sp³-hybridized carbons (Fsp3) is 0.600. The SMILES string of the molecule is CCCNCCCCCc1cc(C)c(F)cc1Cl. The van der Waals surface area contributed by atoms with E-state index in [-0.39, 0.29) is 5.82 Å². The van der Waals surface area contributed by atoms with Crippen LogP contribution in [0.4, 0.5) is 4.39 Å². The molecular weight excluding hydrogens is 249 g/mol. The molecule has 0 unspecified atom stereocenters. The van der Waals surface area contributed by atoms with Gasteiger partial charge in [0, 0.05) is 5.02 Å². The number of nitrogens with one attached hydrogen (secondary N) is 1. The summed E-state index contributed by atoms with van der Waals surface area (Å²) >= 11 is 6.03. The van der Waals surface area contributed by atoms with Crippen LogP contribution in [0.5, 0.6) is 0 Å². The van der Waals surface area contributed by atoms with Gasteiger partial charge in [-0.2, -0.15) is 0 Å². The van der Waals surface area contributed by atoms with E-state index < -0.39 is 0 Å². The van der Waals surface area contributed by atoms with E-state index in [9.17, 15) is 4.39 Å². The topological polar surface area (TPSA) is 12.0 Å². The molecule has 3 heteroatoms. The first kappa shape index (κ1) is 15.5. The van der Waals surface area contributed by atoms with Crippen LogP contribution in [0.2, 0.25) is 5.02 Å². The molecule has 0 radical (unpaired) electrons. The number of hydrogen-bond donors (Lipinski definition) is 1. The second-order valence-corrected chi connectivity index (χ2v) is 5.16. The highest BCUT2D eigenvalue weighted by molar-refractivity contribution is 6.31. The average molecular weight is 272 g/mol. The van der Waals surface area contributed by atoms with Gasteiger partial charge in [-0.1, -0.05) is 31.0 Å². The second kappa shape index (κ2) is 8.49. The van der Waals surface area contributed by atoms with Gasteiger partial charge < -0.3 is 5.32 Å². The van der Waals surface area contributed by atoms with Crippen LogP contribution < -0.4 is 5.32 Å². The Hall–Kier alpha value is -0.600. The lowest BCUT2D eigenvalue weighted by Gasteiger charge is -2.07. The van der Waals surface area contributed by atoms with Gasteiger partial charge in [-0.05, 0) is 62.9 Å². The largest absolute Gasteiger partial charge is 0.317 e. The van der Waals surface area contributed by atoms with Crippen LogP contribution >= 0.6 is 11.6 Å². The highest BCUT2D eigenvalue weighted by Gasteiger charge is 2.05. The van der Waals surface area contributed by atoms with Gasteiger partial charge in [0.2, 0.25) is 0 Å². The molecule has 0 saturated carbocycles. The molecule has 102 valence electrons.